The first-order valence-electron chi connectivity index (χ1n) is 14.1. The van der Waals surface area contributed by atoms with Gasteiger partial charge in [0.1, 0.15) is 11.5 Å². The van der Waals surface area contributed by atoms with E-state index >= 15 is 0 Å². The summed E-state index contributed by atoms with van der Waals surface area (Å²) < 4.78 is 7.31. The molecule has 0 bridgehead atoms. The molecule has 1 aliphatic rings. The molecule has 0 unspecified atom stereocenters. The Morgan fingerprint density at radius 2 is 1.71 bits per heavy atom. The normalized spacial score (nSPS) is 13.6. The Balaban J connectivity index is 1.32. The number of terminal acetylenes is 1. The van der Waals surface area contributed by atoms with Crippen LogP contribution in [0.4, 0.5) is 11.8 Å². The topological polar surface area (TPSA) is 93.9 Å². The van der Waals surface area contributed by atoms with Gasteiger partial charge in [-0.1, -0.05) is 59.7 Å². The second-order valence-corrected chi connectivity index (χ2v) is 10.2. The van der Waals surface area contributed by atoms with E-state index in [1.165, 1.54) is 12.8 Å². The van der Waals surface area contributed by atoms with Crippen LogP contribution in [0.5, 0.6) is 0 Å². The van der Waals surface area contributed by atoms with Crippen LogP contribution in [0, 0.1) is 12.3 Å². The van der Waals surface area contributed by atoms with E-state index in [0.29, 0.717) is 30.5 Å². The van der Waals surface area contributed by atoms with Crippen molar-refractivity contribution in [1.82, 2.24) is 29.9 Å². The number of ether oxygens (including phenoxy) is 1. The molecule has 0 saturated carbocycles. The molecule has 210 valence electrons. The number of methoxy groups -OCH3 is 1. The highest BCUT2D eigenvalue weighted by Crippen LogP contribution is 2.27. The Bertz CT molecular complexity index is 1690. The Morgan fingerprint density at radius 3 is 2.52 bits per heavy atom. The highest BCUT2D eigenvalue weighted by molar-refractivity contribution is 5.68. The highest BCUT2D eigenvalue weighted by Gasteiger charge is 2.18. The SMILES string of the molecule is C#Cc1cccc(-c2cc(-c3cn(Cc4cccc(N5CCCC5)n4)nn3)nc(N[C@@H](COC)c3ccccc3)n2)c1. The number of nitrogens with one attached hydrogen (secondary N) is 1. The maximum absolute atomic E-state index is 5.68. The van der Waals surface area contributed by atoms with Crippen molar-refractivity contribution in [3.05, 3.63) is 102 Å². The van der Waals surface area contributed by atoms with Crippen LogP contribution < -0.4 is 10.2 Å². The van der Waals surface area contributed by atoms with Gasteiger partial charge in [-0.2, -0.15) is 0 Å². The van der Waals surface area contributed by atoms with Crippen LogP contribution in [-0.4, -0.2) is 56.8 Å². The molecule has 1 atom stereocenters. The van der Waals surface area contributed by atoms with Crippen LogP contribution in [0.15, 0.2) is 85.1 Å². The molecule has 9 heteroatoms. The smallest absolute Gasteiger partial charge is 0.224 e. The lowest BCUT2D eigenvalue weighted by Crippen LogP contribution is -2.19. The van der Waals surface area contributed by atoms with Crippen molar-refractivity contribution in [2.45, 2.75) is 25.4 Å². The summed E-state index contributed by atoms with van der Waals surface area (Å²) in [6.45, 7) is 3.05. The zero-order chi connectivity index (χ0) is 28.7. The predicted molar refractivity (Wildman–Crippen MR) is 164 cm³/mol. The van der Waals surface area contributed by atoms with Crippen molar-refractivity contribution >= 4 is 11.8 Å². The Hall–Kier alpha value is -5.07. The van der Waals surface area contributed by atoms with Gasteiger partial charge in [0.25, 0.3) is 0 Å². The molecule has 9 nitrogen and oxygen atoms in total. The van der Waals surface area contributed by atoms with E-state index in [0.717, 1.165) is 47.0 Å². The van der Waals surface area contributed by atoms with Gasteiger partial charge < -0.3 is 15.0 Å². The van der Waals surface area contributed by atoms with Gasteiger partial charge in [0.2, 0.25) is 5.95 Å². The number of nitrogens with zero attached hydrogens (tertiary/aromatic N) is 7. The number of hydrogen-bond donors (Lipinski definition) is 1. The van der Waals surface area contributed by atoms with Gasteiger partial charge in [0, 0.05) is 31.3 Å². The zero-order valence-corrected chi connectivity index (χ0v) is 23.5. The van der Waals surface area contributed by atoms with Crippen LogP contribution in [0.3, 0.4) is 0 Å². The monoisotopic (exact) mass is 556 g/mol. The first-order chi connectivity index (χ1) is 20.7. The fraction of sp³-hybridized carbons (Fsp3) is 0.242. The fourth-order valence-electron chi connectivity index (χ4n) is 5.12. The van der Waals surface area contributed by atoms with Gasteiger partial charge in [-0.3, -0.25) is 0 Å². The average molecular weight is 557 g/mol. The summed E-state index contributed by atoms with van der Waals surface area (Å²) in [6, 6.07) is 25.7. The summed E-state index contributed by atoms with van der Waals surface area (Å²) in [6.07, 6.45) is 9.99. The quantitative estimate of drug-likeness (QED) is 0.234. The standard InChI is InChI=1S/C33H32N8O/c1-3-24-11-9-14-26(19-24)28-20-29(36-33(35-28)37-31(23-42-2)25-12-5-4-6-13-25)30-22-41(39-38-30)21-27-15-10-16-32(34-27)40-17-7-8-18-40/h1,4-6,9-16,19-20,22,31H,7-8,17-18,21,23H2,2H3,(H,35,36,37)/t31-/m0/s1. The molecule has 1 aliphatic heterocycles. The summed E-state index contributed by atoms with van der Waals surface area (Å²) in [7, 11) is 1.68. The minimum absolute atomic E-state index is 0.152. The second-order valence-electron chi connectivity index (χ2n) is 10.2. The summed E-state index contributed by atoms with van der Waals surface area (Å²) in [4.78, 5) is 16.9. The molecule has 42 heavy (non-hydrogen) atoms. The molecule has 1 fully saturated rings. The molecule has 6 rings (SSSR count). The molecule has 0 aliphatic carbocycles. The zero-order valence-electron chi connectivity index (χ0n) is 23.5. The maximum Gasteiger partial charge on any atom is 0.224 e. The van der Waals surface area contributed by atoms with Crippen LogP contribution in [0.1, 0.15) is 35.7 Å². The van der Waals surface area contributed by atoms with Crippen molar-refractivity contribution in [2.75, 3.05) is 37.0 Å². The molecular weight excluding hydrogens is 524 g/mol. The molecule has 4 heterocycles. The third kappa shape index (κ3) is 6.29. The van der Waals surface area contributed by atoms with Crippen molar-refractivity contribution in [3.63, 3.8) is 0 Å². The first kappa shape index (κ1) is 27.1. The number of aromatic nitrogens is 6. The van der Waals surface area contributed by atoms with E-state index < -0.39 is 0 Å². The summed E-state index contributed by atoms with van der Waals surface area (Å²) in [5.41, 5.74) is 5.65. The number of rotatable bonds is 10. The summed E-state index contributed by atoms with van der Waals surface area (Å²) in [5.74, 6) is 4.17. The molecular formula is C33H32N8O. The molecule has 0 spiro atoms. The van der Waals surface area contributed by atoms with Gasteiger partial charge in [0.15, 0.2) is 0 Å². The molecule has 3 aromatic heterocycles. The Kier molecular flexibility index (Phi) is 8.15. The maximum atomic E-state index is 5.68. The number of hydrogen-bond acceptors (Lipinski definition) is 8. The van der Waals surface area contributed by atoms with Gasteiger partial charge in [-0.25, -0.2) is 19.6 Å². The van der Waals surface area contributed by atoms with E-state index in [1.807, 2.05) is 60.8 Å². The van der Waals surface area contributed by atoms with Crippen LogP contribution in [-0.2, 0) is 11.3 Å². The number of benzene rings is 2. The summed E-state index contributed by atoms with van der Waals surface area (Å²) >= 11 is 0. The Morgan fingerprint density at radius 1 is 0.905 bits per heavy atom. The van der Waals surface area contributed by atoms with E-state index in [-0.39, 0.29) is 6.04 Å². The van der Waals surface area contributed by atoms with E-state index in [4.69, 9.17) is 26.1 Å². The van der Waals surface area contributed by atoms with E-state index in [2.05, 4.69) is 50.7 Å². The number of pyridine rings is 1. The minimum Gasteiger partial charge on any atom is -0.382 e. The fourth-order valence-corrected chi connectivity index (χ4v) is 5.12. The lowest BCUT2D eigenvalue weighted by atomic mass is 10.1. The summed E-state index contributed by atoms with van der Waals surface area (Å²) in [5, 5.41) is 12.3. The largest absolute Gasteiger partial charge is 0.382 e. The van der Waals surface area contributed by atoms with Crippen LogP contribution in [0.25, 0.3) is 22.6 Å². The van der Waals surface area contributed by atoms with Crippen LogP contribution in [0.2, 0.25) is 0 Å². The predicted octanol–water partition coefficient (Wildman–Crippen LogP) is 5.23. The van der Waals surface area contributed by atoms with Crippen molar-refractivity contribution in [3.8, 4) is 35.0 Å². The molecule has 1 N–H and O–H groups in total. The van der Waals surface area contributed by atoms with Gasteiger partial charge in [-0.05, 0) is 48.7 Å². The number of anilines is 2. The third-order valence-corrected chi connectivity index (χ3v) is 7.24. The van der Waals surface area contributed by atoms with Crippen molar-refractivity contribution in [1.29, 1.82) is 0 Å². The van der Waals surface area contributed by atoms with Gasteiger partial charge >= 0.3 is 0 Å². The average Bonchev–Trinajstić information content (AvgIpc) is 3.75. The molecule has 2 aromatic carbocycles. The van der Waals surface area contributed by atoms with Gasteiger partial charge in [0.05, 0.1) is 42.5 Å². The second kappa shape index (κ2) is 12.6. The van der Waals surface area contributed by atoms with Crippen molar-refractivity contribution < 1.29 is 4.74 Å². The molecule has 5 aromatic rings. The lowest BCUT2D eigenvalue weighted by Gasteiger charge is -2.19. The van der Waals surface area contributed by atoms with E-state index in [1.54, 1.807) is 11.8 Å². The lowest BCUT2D eigenvalue weighted by molar-refractivity contribution is 0.186. The molecule has 1 saturated heterocycles. The highest BCUT2D eigenvalue weighted by atomic mass is 16.5. The van der Waals surface area contributed by atoms with E-state index in [9.17, 15) is 0 Å². The van der Waals surface area contributed by atoms with Gasteiger partial charge in [-0.15, -0.1) is 11.5 Å². The van der Waals surface area contributed by atoms with Crippen molar-refractivity contribution in [2.24, 2.45) is 0 Å². The first-order valence-corrected chi connectivity index (χ1v) is 14.1. The van der Waals surface area contributed by atoms with Crippen LogP contribution >= 0.6 is 0 Å². The molecule has 0 radical (unpaired) electrons. The third-order valence-electron chi connectivity index (χ3n) is 7.24. The molecule has 0 amide bonds. The Labute approximate surface area is 245 Å². The minimum atomic E-state index is -0.152.